The molecular formula is C22H24ClNO4. The predicted molar refractivity (Wildman–Crippen MR) is 109 cm³/mol. The molecule has 2 aromatic carbocycles. The van der Waals surface area contributed by atoms with Crippen molar-refractivity contribution in [3.05, 3.63) is 52.5 Å². The molecule has 1 spiro atoms. The molecule has 28 heavy (non-hydrogen) atoms. The van der Waals surface area contributed by atoms with Gasteiger partial charge in [0, 0.05) is 17.1 Å². The van der Waals surface area contributed by atoms with Gasteiger partial charge in [-0.15, -0.1) is 0 Å². The Bertz CT molecular complexity index is 921. The Hall–Kier alpha value is -2.40. The van der Waals surface area contributed by atoms with Crippen molar-refractivity contribution in [2.75, 3.05) is 25.1 Å². The minimum absolute atomic E-state index is 0.219. The van der Waals surface area contributed by atoms with E-state index in [0.717, 1.165) is 29.2 Å². The normalized spacial score (nSPS) is 20.7. The third-order valence-corrected chi connectivity index (χ3v) is 5.32. The number of rotatable bonds is 1. The van der Waals surface area contributed by atoms with E-state index in [1.807, 2.05) is 45.0 Å². The number of fused-ring (bicyclic) bond motifs is 3. The van der Waals surface area contributed by atoms with Crippen molar-refractivity contribution < 1.29 is 19.0 Å². The van der Waals surface area contributed by atoms with E-state index in [-0.39, 0.29) is 11.4 Å². The molecule has 6 heteroatoms. The number of halogens is 1. The molecule has 0 fully saturated rings. The molecular weight excluding hydrogens is 378 g/mol. The molecule has 0 amide bonds. The van der Waals surface area contributed by atoms with E-state index < -0.39 is 5.60 Å². The van der Waals surface area contributed by atoms with Gasteiger partial charge in [-0.3, -0.25) is 0 Å². The van der Waals surface area contributed by atoms with Crippen LogP contribution in [-0.4, -0.2) is 31.3 Å². The summed E-state index contributed by atoms with van der Waals surface area (Å²) in [6.45, 7) is 7.38. The largest absolute Gasteiger partial charge is 0.493 e. The Kier molecular flexibility index (Phi) is 4.66. The number of ether oxygens (including phenoxy) is 3. The fourth-order valence-electron chi connectivity index (χ4n) is 3.67. The Morgan fingerprint density at radius 1 is 1.14 bits per heavy atom. The van der Waals surface area contributed by atoms with Gasteiger partial charge in [-0.25, -0.2) is 4.79 Å². The maximum absolute atomic E-state index is 12.4. The Balaban J connectivity index is 1.61. The summed E-state index contributed by atoms with van der Waals surface area (Å²) in [5, 5.41) is 4.13. The standard InChI is InChI=1S/C22H24ClNO4/c1-21(2,3)28-20(25)14-4-7-18-17(10-14)24-12-22(13-27-18)8-9-26-19-11-15(23)5-6-16(19)22/h4-7,10-11,24H,8-9,12-13H2,1-3H3/t22-/m0/s1. The van der Waals surface area contributed by atoms with Gasteiger partial charge in [0.15, 0.2) is 0 Å². The molecule has 5 nitrogen and oxygen atoms in total. The van der Waals surface area contributed by atoms with E-state index in [9.17, 15) is 4.79 Å². The van der Waals surface area contributed by atoms with Crippen LogP contribution < -0.4 is 14.8 Å². The first-order chi connectivity index (χ1) is 13.3. The second-order valence-corrected chi connectivity index (χ2v) is 8.81. The number of nitrogens with one attached hydrogen (secondary N) is 1. The zero-order chi connectivity index (χ0) is 19.9. The highest BCUT2D eigenvalue weighted by Gasteiger charge is 2.40. The van der Waals surface area contributed by atoms with Crippen molar-refractivity contribution in [2.24, 2.45) is 0 Å². The average molecular weight is 402 g/mol. The lowest BCUT2D eigenvalue weighted by atomic mass is 9.76. The van der Waals surface area contributed by atoms with Gasteiger partial charge in [0.25, 0.3) is 0 Å². The quantitative estimate of drug-likeness (QED) is 0.694. The summed E-state index contributed by atoms with van der Waals surface area (Å²) in [7, 11) is 0. The fraction of sp³-hybridized carbons (Fsp3) is 0.409. The van der Waals surface area contributed by atoms with Gasteiger partial charge in [-0.2, -0.15) is 0 Å². The highest BCUT2D eigenvalue weighted by atomic mass is 35.5. The molecule has 0 saturated heterocycles. The molecule has 0 aromatic heterocycles. The first-order valence-electron chi connectivity index (χ1n) is 9.43. The summed E-state index contributed by atoms with van der Waals surface area (Å²) in [5.41, 5.74) is 1.63. The maximum atomic E-state index is 12.4. The lowest BCUT2D eigenvalue weighted by Gasteiger charge is -2.37. The van der Waals surface area contributed by atoms with E-state index in [1.54, 1.807) is 12.1 Å². The highest BCUT2D eigenvalue weighted by Crippen LogP contribution is 2.43. The van der Waals surface area contributed by atoms with Crippen LogP contribution in [-0.2, 0) is 10.2 Å². The highest BCUT2D eigenvalue weighted by molar-refractivity contribution is 6.30. The van der Waals surface area contributed by atoms with E-state index in [0.29, 0.717) is 30.3 Å². The van der Waals surface area contributed by atoms with Crippen molar-refractivity contribution in [1.29, 1.82) is 0 Å². The predicted octanol–water partition coefficient (Wildman–Crippen LogP) is 4.82. The van der Waals surface area contributed by atoms with Crippen LogP contribution in [0, 0.1) is 0 Å². The molecule has 2 aliphatic heterocycles. The SMILES string of the molecule is CC(C)(C)OC(=O)c1ccc2c(c1)NC[C@@]1(CCOc3cc(Cl)ccc31)CO2. The van der Waals surface area contributed by atoms with Crippen LogP contribution in [0.3, 0.4) is 0 Å². The first-order valence-corrected chi connectivity index (χ1v) is 9.81. The van der Waals surface area contributed by atoms with Gasteiger partial charge in [0.2, 0.25) is 0 Å². The van der Waals surface area contributed by atoms with Crippen LogP contribution in [0.1, 0.15) is 43.1 Å². The van der Waals surface area contributed by atoms with Crippen LogP contribution in [0.5, 0.6) is 11.5 Å². The van der Waals surface area contributed by atoms with Crippen molar-refractivity contribution >= 4 is 23.3 Å². The molecule has 0 unspecified atom stereocenters. The average Bonchev–Trinajstić information content (AvgIpc) is 2.80. The monoisotopic (exact) mass is 401 g/mol. The van der Waals surface area contributed by atoms with E-state index in [1.165, 1.54) is 0 Å². The number of hydrogen-bond donors (Lipinski definition) is 1. The summed E-state index contributed by atoms with van der Waals surface area (Å²) in [4.78, 5) is 12.4. The number of hydrogen-bond acceptors (Lipinski definition) is 5. The fourth-order valence-corrected chi connectivity index (χ4v) is 3.83. The number of carbonyl (C=O) groups excluding carboxylic acids is 1. The molecule has 1 N–H and O–H groups in total. The van der Waals surface area contributed by atoms with Crippen LogP contribution in [0.15, 0.2) is 36.4 Å². The molecule has 2 aromatic rings. The van der Waals surface area contributed by atoms with Crippen LogP contribution in [0.4, 0.5) is 5.69 Å². The van der Waals surface area contributed by atoms with Crippen LogP contribution in [0.2, 0.25) is 5.02 Å². The smallest absolute Gasteiger partial charge is 0.338 e. The maximum Gasteiger partial charge on any atom is 0.338 e. The van der Waals surface area contributed by atoms with E-state index >= 15 is 0 Å². The molecule has 0 saturated carbocycles. The molecule has 4 rings (SSSR count). The second kappa shape index (κ2) is 6.89. The number of esters is 1. The Morgan fingerprint density at radius 2 is 1.96 bits per heavy atom. The summed E-state index contributed by atoms with van der Waals surface area (Å²) < 4.78 is 17.5. The molecule has 2 aliphatic rings. The van der Waals surface area contributed by atoms with Gasteiger partial charge in [0.1, 0.15) is 17.1 Å². The lowest BCUT2D eigenvalue weighted by molar-refractivity contribution is 0.00695. The number of anilines is 1. The van der Waals surface area contributed by atoms with Gasteiger partial charge in [0.05, 0.1) is 29.9 Å². The third-order valence-electron chi connectivity index (χ3n) is 5.09. The first kappa shape index (κ1) is 18.9. The summed E-state index contributed by atoms with van der Waals surface area (Å²) in [6.07, 6.45) is 0.835. The van der Waals surface area contributed by atoms with Gasteiger partial charge in [-0.1, -0.05) is 17.7 Å². The molecule has 0 aliphatic carbocycles. The van der Waals surface area contributed by atoms with Crippen molar-refractivity contribution in [2.45, 2.75) is 38.2 Å². The summed E-state index contributed by atoms with van der Waals surface area (Å²) in [5.74, 6) is 1.19. The molecule has 0 bridgehead atoms. The van der Waals surface area contributed by atoms with E-state index in [4.69, 9.17) is 25.8 Å². The Morgan fingerprint density at radius 3 is 2.75 bits per heavy atom. The number of carbonyl (C=O) groups is 1. The van der Waals surface area contributed by atoms with Crippen LogP contribution >= 0.6 is 11.6 Å². The molecule has 2 heterocycles. The van der Waals surface area contributed by atoms with Crippen molar-refractivity contribution in [3.63, 3.8) is 0 Å². The van der Waals surface area contributed by atoms with E-state index in [2.05, 4.69) is 5.32 Å². The minimum Gasteiger partial charge on any atom is -0.493 e. The Labute approximate surface area is 169 Å². The molecule has 1 atom stereocenters. The third kappa shape index (κ3) is 3.63. The zero-order valence-corrected chi connectivity index (χ0v) is 17.1. The van der Waals surface area contributed by atoms with Crippen molar-refractivity contribution in [1.82, 2.24) is 0 Å². The second-order valence-electron chi connectivity index (χ2n) is 8.37. The van der Waals surface area contributed by atoms with Crippen LogP contribution in [0.25, 0.3) is 0 Å². The summed E-state index contributed by atoms with van der Waals surface area (Å²) >= 11 is 6.13. The zero-order valence-electron chi connectivity index (χ0n) is 16.3. The lowest BCUT2D eigenvalue weighted by Crippen LogP contribution is -2.43. The number of benzene rings is 2. The summed E-state index contributed by atoms with van der Waals surface area (Å²) in [6, 6.07) is 11.1. The van der Waals surface area contributed by atoms with Gasteiger partial charge >= 0.3 is 5.97 Å². The molecule has 0 radical (unpaired) electrons. The topological polar surface area (TPSA) is 56.8 Å². The minimum atomic E-state index is -0.537. The molecule has 148 valence electrons. The van der Waals surface area contributed by atoms with Gasteiger partial charge < -0.3 is 19.5 Å². The van der Waals surface area contributed by atoms with Crippen molar-refractivity contribution in [3.8, 4) is 11.5 Å². The van der Waals surface area contributed by atoms with Gasteiger partial charge in [-0.05, 0) is 57.5 Å².